The van der Waals surface area contributed by atoms with Crippen LogP contribution in [0.1, 0.15) is 58.4 Å². The number of amides is 2. The van der Waals surface area contributed by atoms with Gasteiger partial charge in [-0.05, 0) is 58.1 Å². The SMILES string of the molecule is CC(C)(C)OC(=O)NC(CCC(N)=O)COc1cccc(CCCCC(=O)O)c1F. The number of ether oxygens (including phenoxy) is 2. The van der Waals surface area contributed by atoms with Crippen LogP contribution in [-0.2, 0) is 20.7 Å². The smallest absolute Gasteiger partial charge is 0.407 e. The summed E-state index contributed by atoms with van der Waals surface area (Å²) in [5.74, 6) is -1.92. The van der Waals surface area contributed by atoms with Gasteiger partial charge < -0.3 is 25.6 Å². The standard InChI is InChI=1S/C21H31FN2O6/c1-21(2,3)30-20(28)24-15(11-12-17(23)25)13-29-16-9-6-8-14(19(16)22)7-4-5-10-18(26)27/h6,8-9,15H,4-5,7,10-13H2,1-3H3,(H2,23,25)(H,24,28)(H,26,27). The van der Waals surface area contributed by atoms with Gasteiger partial charge in [-0.15, -0.1) is 0 Å². The number of nitrogens with two attached hydrogens (primary N) is 1. The van der Waals surface area contributed by atoms with Gasteiger partial charge in [0.15, 0.2) is 11.6 Å². The van der Waals surface area contributed by atoms with E-state index < -0.39 is 35.4 Å². The predicted molar refractivity (Wildman–Crippen MR) is 109 cm³/mol. The Kier molecular flexibility index (Phi) is 10.1. The number of unbranched alkanes of at least 4 members (excludes halogenated alkanes) is 1. The van der Waals surface area contributed by atoms with Crippen molar-refractivity contribution >= 4 is 18.0 Å². The Balaban J connectivity index is 2.72. The number of aliphatic carboxylic acids is 1. The molecule has 1 unspecified atom stereocenters. The second-order valence-corrected chi connectivity index (χ2v) is 7.99. The Morgan fingerprint density at radius 3 is 2.50 bits per heavy atom. The highest BCUT2D eigenvalue weighted by Crippen LogP contribution is 2.22. The lowest BCUT2D eigenvalue weighted by molar-refractivity contribution is -0.137. The van der Waals surface area contributed by atoms with Crippen LogP contribution in [-0.4, -0.2) is 41.3 Å². The van der Waals surface area contributed by atoms with E-state index in [1.165, 1.54) is 6.07 Å². The van der Waals surface area contributed by atoms with Crippen LogP contribution < -0.4 is 15.8 Å². The molecule has 0 bridgehead atoms. The van der Waals surface area contributed by atoms with Gasteiger partial charge in [-0.25, -0.2) is 9.18 Å². The Hall–Kier alpha value is -2.84. The lowest BCUT2D eigenvalue weighted by Crippen LogP contribution is -2.42. The predicted octanol–water partition coefficient (Wildman–Crippen LogP) is 3.16. The zero-order valence-electron chi connectivity index (χ0n) is 17.7. The fourth-order valence-electron chi connectivity index (χ4n) is 2.63. The highest BCUT2D eigenvalue weighted by molar-refractivity contribution is 5.74. The van der Waals surface area contributed by atoms with Crippen LogP contribution in [0.4, 0.5) is 9.18 Å². The number of carbonyl (C=O) groups excluding carboxylic acids is 2. The number of hydrogen-bond donors (Lipinski definition) is 3. The van der Waals surface area contributed by atoms with Crippen molar-refractivity contribution < 1.29 is 33.4 Å². The number of halogens is 1. The quantitative estimate of drug-likeness (QED) is 0.441. The third-order valence-corrected chi connectivity index (χ3v) is 4.03. The molecule has 0 saturated carbocycles. The minimum atomic E-state index is -0.882. The summed E-state index contributed by atoms with van der Waals surface area (Å²) >= 11 is 0. The molecule has 0 saturated heterocycles. The lowest BCUT2D eigenvalue weighted by Gasteiger charge is -2.24. The molecular formula is C21H31FN2O6. The monoisotopic (exact) mass is 426 g/mol. The van der Waals surface area contributed by atoms with E-state index in [0.717, 1.165) is 0 Å². The van der Waals surface area contributed by atoms with Crippen LogP contribution in [0.3, 0.4) is 0 Å². The molecule has 2 amide bonds. The van der Waals surface area contributed by atoms with Gasteiger partial charge in [-0.1, -0.05) is 12.1 Å². The Morgan fingerprint density at radius 1 is 1.20 bits per heavy atom. The van der Waals surface area contributed by atoms with Gasteiger partial charge >= 0.3 is 12.1 Å². The highest BCUT2D eigenvalue weighted by Gasteiger charge is 2.21. The van der Waals surface area contributed by atoms with Gasteiger partial charge in [0.2, 0.25) is 5.91 Å². The maximum absolute atomic E-state index is 14.7. The van der Waals surface area contributed by atoms with Crippen molar-refractivity contribution in [3.05, 3.63) is 29.6 Å². The van der Waals surface area contributed by atoms with E-state index >= 15 is 0 Å². The van der Waals surface area contributed by atoms with Gasteiger partial charge in [0, 0.05) is 12.8 Å². The zero-order chi connectivity index (χ0) is 22.7. The molecule has 0 fully saturated rings. The number of aryl methyl sites for hydroxylation is 1. The number of carbonyl (C=O) groups is 3. The minimum absolute atomic E-state index is 0.0146. The molecule has 0 aliphatic heterocycles. The number of carboxylic acids is 1. The molecule has 1 atom stereocenters. The first-order chi connectivity index (χ1) is 14.0. The van der Waals surface area contributed by atoms with Crippen molar-refractivity contribution in [2.45, 2.75) is 70.9 Å². The summed E-state index contributed by atoms with van der Waals surface area (Å²) in [5.41, 5.74) is 4.91. The molecule has 0 aliphatic carbocycles. The van der Waals surface area contributed by atoms with Crippen molar-refractivity contribution in [3.63, 3.8) is 0 Å². The number of hydrogen-bond acceptors (Lipinski definition) is 5. The molecule has 1 rings (SSSR count). The number of primary amides is 1. The molecule has 0 heterocycles. The second-order valence-electron chi connectivity index (χ2n) is 7.99. The average molecular weight is 426 g/mol. The molecule has 8 nitrogen and oxygen atoms in total. The fraction of sp³-hybridized carbons (Fsp3) is 0.571. The molecule has 0 aliphatic rings. The van der Waals surface area contributed by atoms with E-state index in [4.69, 9.17) is 20.3 Å². The van der Waals surface area contributed by atoms with Crippen LogP contribution in [0.25, 0.3) is 0 Å². The number of carboxylic acid groups (broad SMARTS) is 1. The topological polar surface area (TPSA) is 128 Å². The van der Waals surface area contributed by atoms with E-state index in [-0.39, 0.29) is 31.6 Å². The van der Waals surface area contributed by atoms with Gasteiger partial charge in [0.25, 0.3) is 0 Å². The number of nitrogens with one attached hydrogen (secondary N) is 1. The van der Waals surface area contributed by atoms with E-state index in [0.29, 0.717) is 24.8 Å². The number of benzene rings is 1. The molecule has 4 N–H and O–H groups in total. The number of rotatable bonds is 12. The maximum atomic E-state index is 14.7. The number of alkyl carbamates (subject to hydrolysis) is 1. The Morgan fingerprint density at radius 2 is 1.90 bits per heavy atom. The maximum Gasteiger partial charge on any atom is 0.407 e. The molecule has 30 heavy (non-hydrogen) atoms. The van der Waals surface area contributed by atoms with E-state index in [1.807, 2.05) is 0 Å². The molecule has 1 aromatic rings. The highest BCUT2D eigenvalue weighted by atomic mass is 19.1. The summed E-state index contributed by atoms with van der Waals surface area (Å²) in [5, 5.41) is 11.3. The third-order valence-electron chi connectivity index (χ3n) is 4.03. The molecule has 168 valence electrons. The zero-order valence-corrected chi connectivity index (χ0v) is 17.7. The van der Waals surface area contributed by atoms with Crippen LogP contribution in [0, 0.1) is 5.82 Å². The first kappa shape index (κ1) is 25.2. The molecular weight excluding hydrogens is 395 g/mol. The molecule has 0 aromatic heterocycles. The summed E-state index contributed by atoms with van der Waals surface area (Å²) in [7, 11) is 0. The van der Waals surface area contributed by atoms with E-state index in [2.05, 4.69) is 5.32 Å². The van der Waals surface area contributed by atoms with Crippen LogP contribution in [0.15, 0.2) is 18.2 Å². The second kappa shape index (κ2) is 12.0. The average Bonchev–Trinajstić information content (AvgIpc) is 2.61. The first-order valence-electron chi connectivity index (χ1n) is 9.87. The summed E-state index contributed by atoms with van der Waals surface area (Å²) in [6.07, 6.45) is 0.977. The van der Waals surface area contributed by atoms with Crippen LogP contribution >= 0.6 is 0 Å². The van der Waals surface area contributed by atoms with Crippen molar-refractivity contribution in [1.29, 1.82) is 0 Å². The largest absolute Gasteiger partial charge is 0.488 e. The van der Waals surface area contributed by atoms with Gasteiger partial charge in [-0.3, -0.25) is 9.59 Å². The fourth-order valence-corrected chi connectivity index (χ4v) is 2.63. The minimum Gasteiger partial charge on any atom is -0.488 e. The normalized spacial score (nSPS) is 12.1. The van der Waals surface area contributed by atoms with Gasteiger partial charge in [0.05, 0.1) is 6.04 Å². The Labute approximate surface area is 175 Å². The Bertz CT molecular complexity index is 733. The van der Waals surface area contributed by atoms with Crippen molar-refractivity contribution in [3.8, 4) is 5.75 Å². The molecule has 9 heteroatoms. The van der Waals surface area contributed by atoms with Gasteiger partial charge in [0.1, 0.15) is 12.2 Å². The summed E-state index contributed by atoms with van der Waals surface area (Å²) in [4.78, 5) is 33.7. The third kappa shape index (κ3) is 10.6. The van der Waals surface area contributed by atoms with Crippen LogP contribution in [0.2, 0.25) is 0 Å². The molecule has 1 aromatic carbocycles. The van der Waals surface area contributed by atoms with E-state index in [1.54, 1.807) is 32.9 Å². The molecule has 0 spiro atoms. The summed E-state index contributed by atoms with van der Waals surface area (Å²) in [6.45, 7) is 5.09. The summed E-state index contributed by atoms with van der Waals surface area (Å²) in [6, 6.07) is 4.12. The van der Waals surface area contributed by atoms with Crippen molar-refractivity contribution in [2.75, 3.05) is 6.61 Å². The van der Waals surface area contributed by atoms with E-state index in [9.17, 15) is 18.8 Å². The first-order valence-corrected chi connectivity index (χ1v) is 9.87. The summed E-state index contributed by atoms with van der Waals surface area (Å²) < 4.78 is 25.4. The van der Waals surface area contributed by atoms with Gasteiger partial charge in [-0.2, -0.15) is 0 Å². The van der Waals surface area contributed by atoms with Crippen LogP contribution in [0.5, 0.6) is 5.75 Å². The van der Waals surface area contributed by atoms with Crippen molar-refractivity contribution in [2.24, 2.45) is 5.73 Å². The van der Waals surface area contributed by atoms with Crippen molar-refractivity contribution in [1.82, 2.24) is 5.32 Å². The molecule has 0 radical (unpaired) electrons. The lowest BCUT2D eigenvalue weighted by atomic mass is 10.1.